The molecule has 2 heterocycles. The summed E-state index contributed by atoms with van der Waals surface area (Å²) in [5, 5.41) is 4.49. The molecule has 0 radical (unpaired) electrons. The van der Waals surface area contributed by atoms with Gasteiger partial charge in [-0.3, -0.25) is 14.5 Å². The first-order chi connectivity index (χ1) is 11.2. The van der Waals surface area contributed by atoms with E-state index in [0.29, 0.717) is 12.8 Å². The van der Waals surface area contributed by atoms with Gasteiger partial charge in [0.1, 0.15) is 0 Å². The van der Waals surface area contributed by atoms with Gasteiger partial charge in [0.2, 0.25) is 11.8 Å². The van der Waals surface area contributed by atoms with Crippen molar-refractivity contribution in [3.05, 3.63) is 60.4 Å². The van der Waals surface area contributed by atoms with E-state index >= 15 is 0 Å². The molecule has 116 valence electrons. The lowest BCUT2D eigenvalue weighted by molar-refractivity contribution is -0.140. The van der Waals surface area contributed by atoms with Crippen molar-refractivity contribution in [3.63, 3.8) is 0 Å². The number of nitrogens with zero attached hydrogens (tertiary/aromatic N) is 3. The maximum Gasteiger partial charge on any atom is 0.233 e. The third-order valence-electron chi connectivity index (χ3n) is 4.58. The Morgan fingerprint density at radius 1 is 0.957 bits per heavy atom. The Bertz CT molecular complexity index is 753. The molecule has 2 atom stereocenters. The number of allylic oxidation sites excluding steroid dienone is 2. The molecule has 1 aliphatic heterocycles. The molecule has 1 aliphatic carbocycles. The lowest BCUT2D eigenvalue weighted by Crippen LogP contribution is -2.30. The second kappa shape index (κ2) is 5.50. The Morgan fingerprint density at radius 3 is 2.26 bits per heavy atom. The van der Waals surface area contributed by atoms with E-state index in [1.165, 1.54) is 4.90 Å². The van der Waals surface area contributed by atoms with Gasteiger partial charge >= 0.3 is 0 Å². The molecular weight excluding hydrogens is 290 g/mol. The van der Waals surface area contributed by atoms with E-state index in [9.17, 15) is 9.59 Å². The number of carbonyl (C=O) groups excluding carboxylic acids is 2. The molecule has 1 saturated heterocycles. The van der Waals surface area contributed by atoms with Crippen LogP contribution in [0, 0.1) is 11.8 Å². The fraction of sp³-hybridized carbons (Fsp3) is 0.278. The van der Waals surface area contributed by atoms with Crippen molar-refractivity contribution in [2.24, 2.45) is 11.8 Å². The zero-order valence-electron chi connectivity index (χ0n) is 12.6. The standard InChI is InChI=1S/C18H17N3O2/c22-17-15-8-4-5-9-16(15)18(23)20(17)12-13-10-11-21(19-13)14-6-2-1-3-7-14/h1-7,10-11,15-16H,8-9,12H2. The van der Waals surface area contributed by atoms with Crippen molar-refractivity contribution >= 4 is 11.8 Å². The van der Waals surface area contributed by atoms with Crippen molar-refractivity contribution < 1.29 is 9.59 Å². The normalized spacial score (nSPS) is 23.4. The fourth-order valence-corrected chi connectivity index (χ4v) is 3.36. The molecular formula is C18H17N3O2. The highest BCUT2D eigenvalue weighted by Crippen LogP contribution is 2.35. The fourth-order valence-electron chi connectivity index (χ4n) is 3.36. The zero-order chi connectivity index (χ0) is 15.8. The number of fused-ring (bicyclic) bond motifs is 1. The SMILES string of the molecule is O=C1C2CC=CCC2C(=O)N1Cc1ccn(-c2ccccc2)n1. The number of amides is 2. The summed E-state index contributed by atoms with van der Waals surface area (Å²) in [5.41, 5.74) is 1.68. The first-order valence-electron chi connectivity index (χ1n) is 7.84. The number of imide groups is 1. The molecule has 0 bridgehead atoms. The van der Waals surface area contributed by atoms with E-state index in [4.69, 9.17) is 0 Å². The molecule has 5 heteroatoms. The summed E-state index contributed by atoms with van der Waals surface area (Å²) < 4.78 is 1.76. The van der Waals surface area contributed by atoms with E-state index in [0.717, 1.165) is 11.4 Å². The minimum atomic E-state index is -0.177. The van der Waals surface area contributed by atoms with Crippen LogP contribution in [0.2, 0.25) is 0 Å². The Balaban J connectivity index is 1.54. The van der Waals surface area contributed by atoms with Crippen LogP contribution in [0.3, 0.4) is 0 Å². The molecule has 2 aromatic rings. The van der Waals surface area contributed by atoms with Crippen LogP contribution < -0.4 is 0 Å². The van der Waals surface area contributed by atoms with Gasteiger partial charge in [-0.1, -0.05) is 30.4 Å². The molecule has 5 nitrogen and oxygen atoms in total. The predicted octanol–water partition coefficient (Wildman–Crippen LogP) is 2.32. The molecule has 0 spiro atoms. The molecule has 1 fully saturated rings. The molecule has 2 amide bonds. The number of benzene rings is 1. The smallest absolute Gasteiger partial charge is 0.233 e. The predicted molar refractivity (Wildman–Crippen MR) is 84.5 cm³/mol. The zero-order valence-corrected chi connectivity index (χ0v) is 12.6. The highest BCUT2D eigenvalue weighted by atomic mass is 16.2. The number of rotatable bonds is 3. The molecule has 0 N–H and O–H groups in total. The number of aromatic nitrogens is 2. The van der Waals surface area contributed by atoms with E-state index in [-0.39, 0.29) is 30.2 Å². The van der Waals surface area contributed by atoms with Gasteiger partial charge in [0.15, 0.2) is 0 Å². The van der Waals surface area contributed by atoms with Crippen molar-refractivity contribution in [2.75, 3.05) is 0 Å². The first-order valence-corrected chi connectivity index (χ1v) is 7.84. The third kappa shape index (κ3) is 2.38. The van der Waals surface area contributed by atoms with Crippen LogP contribution in [0.4, 0.5) is 0 Å². The summed E-state index contributed by atoms with van der Waals surface area (Å²) in [6, 6.07) is 11.6. The van der Waals surface area contributed by atoms with Crippen molar-refractivity contribution in [3.8, 4) is 5.69 Å². The molecule has 2 unspecified atom stereocenters. The van der Waals surface area contributed by atoms with Crippen LogP contribution in [0.1, 0.15) is 18.5 Å². The Morgan fingerprint density at radius 2 is 1.61 bits per heavy atom. The van der Waals surface area contributed by atoms with Crippen LogP contribution in [0.15, 0.2) is 54.7 Å². The maximum atomic E-state index is 12.5. The Labute approximate surface area is 134 Å². The van der Waals surface area contributed by atoms with E-state index in [1.807, 2.05) is 54.7 Å². The summed E-state index contributed by atoms with van der Waals surface area (Å²) >= 11 is 0. The topological polar surface area (TPSA) is 55.2 Å². The summed E-state index contributed by atoms with van der Waals surface area (Å²) in [6.07, 6.45) is 7.19. The molecule has 2 aliphatic rings. The van der Waals surface area contributed by atoms with Gasteiger partial charge in [0.05, 0.1) is 29.8 Å². The van der Waals surface area contributed by atoms with E-state index in [2.05, 4.69) is 5.10 Å². The highest BCUT2D eigenvalue weighted by Gasteiger charge is 2.47. The van der Waals surface area contributed by atoms with Gasteiger partial charge in [-0.05, 0) is 31.0 Å². The van der Waals surface area contributed by atoms with Crippen molar-refractivity contribution in [2.45, 2.75) is 19.4 Å². The van der Waals surface area contributed by atoms with E-state index < -0.39 is 0 Å². The monoisotopic (exact) mass is 307 g/mol. The third-order valence-corrected chi connectivity index (χ3v) is 4.58. The lowest BCUT2D eigenvalue weighted by Gasteiger charge is -2.14. The number of hydrogen-bond acceptors (Lipinski definition) is 3. The quantitative estimate of drug-likeness (QED) is 0.646. The van der Waals surface area contributed by atoms with Gasteiger partial charge in [0, 0.05) is 6.20 Å². The van der Waals surface area contributed by atoms with Crippen LogP contribution >= 0.6 is 0 Å². The average Bonchev–Trinajstić information content (AvgIpc) is 3.16. The molecule has 4 rings (SSSR count). The number of hydrogen-bond donors (Lipinski definition) is 0. The second-order valence-electron chi connectivity index (χ2n) is 6.01. The van der Waals surface area contributed by atoms with Gasteiger partial charge in [-0.15, -0.1) is 0 Å². The highest BCUT2D eigenvalue weighted by molar-refractivity contribution is 6.05. The largest absolute Gasteiger partial charge is 0.276 e. The molecule has 1 aromatic carbocycles. The number of para-hydroxylation sites is 1. The number of carbonyl (C=O) groups is 2. The maximum absolute atomic E-state index is 12.5. The van der Waals surface area contributed by atoms with Crippen LogP contribution in [-0.2, 0) is 16.1 Å². The summed E-state index contributed by atoms with van der Waals surface area (Å²) in [6.45, 7) is 0.254. The molecule has 23 heavy (non-hydrogen) atoms. The minimum Gasteiger partial charge on any atom is -0.276 e. The van der Waals surface area contributed by atoms with Gasteiger partial charge < -0.3 is 0 Å². The van der Waals surface area contributed by atoms with Crippen molar-refractivity contribution in [1.82, 2.24) is 14.7 Å². The molecule has 1 aromatic heterocycles. The van der Waals surface area contributed by atoms with Crippen LogP contribution in [0.25, 0.3) is 5.69 Å². The summed E-state index contributed by atoms with van der Waals surface area (Å²) in [7, 11) is 0. The lowest BCUT2D eigenvalue weighted by atomic mass is 9.85. The van der Waals surface area contributed by atoms with E-state index in [1.54, 1.807) is 4.68 Å². The van der Waals surface area contributed by atoms with Crippen LogP contribution in [0.5, 0.6) is 0 Å². The second-order valence-corrected chi connectivity index (χ2v) is 6.01. The Kier molecular flexibility index (Phi) is 3.33. The van der Waals surface area contributed by atoms with Gasteiger partial charge in [-0.2, -0.15) is 5.10 Å². The molecule has 0 saturated carbocycles. The van der Waals surface area contributed by atoms with Crippen LogP contribution in [-0.4, -0.2) is 26.5 Å². The minimum absolute atomic E-state index is 0.0568. The van der Waals surface area contributed by atoms with Gasteiger partial charge in [0.25, 0.3) is 0 Å². The Hall–Kier alpha value is -2.69. The first kappa shape index (κ1) is 13.9. The summed E-state index contributed by atoms with van der Waals surface area (Å²) in [4.78, 5) is 26.3. The van der Waals surface area contributed by atoms with Gasteiger partial charge in [-0.25, -0.2) is 4.68 Å². The summed E-state index contributed by atoms with van der Waals surface area (Å²) in [5.74, 6) is -0.468. The number of likely N-dealkylation sites (tertiary alicyclic amines) is 1. The van der Waals surface area contributed by atoms with Crippen molar-refractivity contribution in [1.29, 1.82) is 0 Å². The average molecular weight is 307 g/mol.